The summed E-state index contributed by atoms with van der Waals surface area (Å²) in [5, 5.41) is 10.6. The van der Waals surface area contributed by atoms with E-state index in [9.17, 15) is 19.5 Å². The molecule has 0 amide bonds. The van der Waals surface area contributed by atoms with E-state index in [1.165, 1.54) is 21.1 Å². The molecule has 0 aromatic heterocycles. The highest BCUT2D eigenvalue weighted by molar-refractivity contribution is 6.02. The molecule has 1 fully saturated rings. The fraction of sp³-hybridized carbons (Fsp3) is 0.471. The number of aliphatic hydroxyl groups is 1. The van der Waals surface area contributed by atoms with Gasteiger partial charge < -0.3 is 14.6 Å². The minimum Gasteiger partial charge on any atom is -0.469 e. The zero-order valence-electron chi connectivity index (χ0n) is 13.3. The van der Waals surface area contributed by atoms with Gasteiger partial charge in [0, 0.05) is 12.3 Å². The lowest BCUT2D eigenvalue weighted by Gasteiger charge is -2.43. The molecule has 1 aromatic carbocycles. The van der Waals surface area contributed by atoms with E-state index in [1.807, 2.05) is 0 Å². The Hall–Kier alpha value is -2.21. The Labute approximate surface area is 134 Å². The molecular formula is C17H20O6. The molecule has 0 spiro atoms. The van der Waals surface area contributed by atoms with Crippen LogP contribution >= 0.6 is 0 Å². The summed E-state index contributed by atoms with van der Waals surface area (Å²) in [4.78, 5) is 36.9. The van der Waals surface area contributed by atoms with Crippen molar-refractivity contribution in [3.63, 3.8) is 0 Å². The van der Waals surface area contributed by atoms with Crippen molar-refractivity contribution < 1.29 is 29.0 Å². The summed E-state index contributed by atoms with van der Waals surface area (Å²) in [6, 6.07) is 8.70. The third-order valence-electron chi connectivity index (χ3n) is 4.36. The smallest absolute Gasteiger partial charge is 0.316 e. The van der Waals surface area contributed by atoms with Gasteiger partial charge in [0.1, 0.15) is 5.92 Å². The van der Waals surface area contributed by atoms with E-state index in [0.717, 1.165) is 0 Å². The van der Waals surface area contributed by atoms with Crippen molar-refractivity contribution in [3.05, 3.63) is 35.9 Å². The number of Topliss-reactive ketones (excluding diaryl/α,β-unsaturated/α-hetero) is 1. The number of carbonyl (C=O) groups excluding carboxylic acids is 3. The summed E-state index contributed by atoms with van der Waals surface area (Å²) in [6.45, 7) is 1.41. The second-order valence-corrected chi connectivity index (χ2v) is 5.94. The van der Waals surface area contributed by atoms with Crippen molar-refractivity contribution in [2.24, 2.45) is 11.8 Å². The molecule has 0 unspecified atom stereocenters. The molecule has 0 aliphatic heterocycles. The molecule has 1 aliphatic rings. The number of hydrogen-bond donors (Lipinski definition) is 1. The Morgan fingerprint density at radius 3 is 2.22 bits per heavy atom. The molecule has 124 valence electrons. The third kappa shape index (κ3) is 3.12. The second-order valence-electron chi connectivity index (χ2n) is 5.94. The third-order valence-corrected chi connectivity index (χ3v) is 4.36. The summed E-state index contributed by atoms with van der Waals surface area (Å²) >= 11 is 0. The molecular weight excluding hydrogens is 300 g/mol. The van der Waals surface area contributed by atoms with E-state index in [4.69, 9.17) is 9.47 Å². The standard InChI is InChI=1S/C17H20O6/c1-17(21)9-11(18)13(15(19)22-2)12(14(17)16(20)23-3)10-7-5-4-6-8-10/h4-8,12-14,21H,9H2,1-3H3/t12-,13+,14+,17+/m0/s1. The summed E-state index contributed by atoms with van der Waals surface area (Å²) in [5.74, 6) is -4.86. The number of methoxy groups -OCH3 is 2. The van der Waals surface area contributed by atoms with Crippen molar-refractivity contribution in [1.82, 2.24) is 0 Å². The largest absolute Gasteiger partial charge is 0.469 e. The van der Waals surface area contributed by atoms with E-state index in [1.54, 1.807) is 30.3 Å². The van der Waals surface area contributed by atoms with Gasteiger partial charge in [-0.2, -0.15) is 0 Å². The molecule has 6 heteroatoms. The van der Waals surface area contributed by atoms with Gasteiger partial charge in [-0.05, 0) is 12.5 Å². The van der Waals surface area contributed by atoms with Crippen molar-refractivity contribution in [1.29, 1.82) is 0 Å². The van der Waals surface area contributed by atoms with Crippen LogP contribution in [0.3, 0.4) is 0 Å². The zero-order valence-corrected chi connectivity index (χ0v) is 13.3. The first-order chi connectivity index (χ1) is 10.8. The Morgan fingerprint density at radius 2 is 1.70 bits per heavy atom. The number of hydrogen-bond acceptors (Lipinski definition) is 6. The average Bonchev–Trinajstić information content (AvgIpc) is 2.52. The molecule has 1 saturated carbocycles. The molecule has 1 aliphatic carbocycles. The fourth-order valence-electron chi connectivity index (χ4n) is 3.34. The molecule has 1 N–H and O–H groups in total. The van der Waals surface area contributed by atoms with Crippen LogP contribution in [0.4, 0.5) is 0 Å². The van der Waals surface area contributed by atoms with E-state index in [0.29, 0.717) is 5.56 Å². The van der Waals surface area contributed by atoms with Crippen LogP contribution in [-0.2, 0) is 23.9 Å². The van der Waals surface area contributed by atoms with Gasteiger partial charge in [-0.3, -0.25) is 14.4 Å². The summed E-state index contributed by atoms with van der Waals surface area (Å²) in [5.41, 5.74) is -0.999. The van der Waals surface area contributed by atoms with Crippen molar-refractivity contribution in [3.8, 4) is 0 Å². The number of benzene rings is 1. The van der Waals surface area contributed by atoms with E-state index < -0.39 is 41.1 Å². The molecule has 0 saturated heterocycles. The van der Waals surface area contributed by atoms with Crippen LogP contribution in [0.5, 0.6) is 0 Å². The van der Waals surface area contributed by atoms with Gasteiger partial charge in [0.25, 0.3) is 0 Å². The molecule has 0 radical (unpaired) electrons. The Balaban J connectivity index is 2.61. The van der Waals surface area contributed by atoms with Crippen LogP contribution in [0.25, 0.3) is 0 Å². The fourth-order valence-corrected chi connectivity index (χ4v) is 3.34. The maximum absolute atomic E-state index is 12.4. The van der Waals surface area contributed by atoms with Gasteiger partial charge in [-0.25, -0.2) is 0 Å². The number of esters is 2. The van der Waals surface area contributed by atoms with E-state index in [-0.39, 0.29) is 6.42 Å². The van der Waals surface area contributed by atoms with Crippen molar-refractivity contribution in [2.45, 2.75) is 24.9 Å². The number of carbonyl (C=O) groups is 3. The molecule has 4 atom stereocenters. The lowest BCUT2D eigenvalue weighted by Crippen LogP contribution is -2.55. The van der Waals surface area contributed by atoms with Crippen LogP contribution in [0.15, 0.2) is 30.3 Å². The SMILES string of the molecule is COC(=O)[C@@H]1C(=O)C[C@@](C)(O)[C@@H](C(=O)OC)[C@H]1c1ccccc1. The minimum atomic E-state index is -1.60. The highest BCUT2D eigenvalue weighted by Crippen LogP contribution is 2.46. The molecule has 2 rings (SSSR count). The molecule has 1 aromatic rings. The maximum Gasteiger partial charge on any atom is 0.316 e. The first-order valence-corrected chi connectivity index (χ1v) is 7.29. The van der Waals surface area contributed by atoms with Gasteiger partial charge in [-0.15, -0.1) is 0 Å². The van der Waals surface area contributed by atoms with Gasteiger partial charge in [0.2, 0.25) is 0 Å². The normalized spacial score (nSPS) is 30.6. The van der Waals surface area contributed by atoms with E-state index in [2.05, 4.69) is 0 Å². The van der Waals surface area contributed by atoms with Gasteiger partial charge in [0.05, 0.1) is 25.7 Å². The highest BCUT2D eigenvalue weighted by Gasteiger charge is 2.56. The molecule has 0 bridgehead atoms. The average molecular weight is 320 g/mol. The maximum atomic E-state index is 12.4. The summed E-state index contributed by atoms with van der Waals surface area (Å²) in [6.07, 6.45) is -0.310. The van der Waals surface area contributed by atoms with E-state index >= 15 is 0 Å². The number of ether oxygens (including phenoxy) is 2. The Bertz CT molecular complexity index is 607. The topological polar surface area (TPSA) is 89.9 Å². The number of ketones is 1. The van der Waals surface area contributed by atoms with Crippen LogP contribution < -0.4 is 0 Å². The Morgan fingerprint density at radius 1 is 1.13 bits per heavy atom. The van der Waals surface area contributed by atoms with Crippen LogP contribution in [0, 0.1) is 11.8 Å². The van der Waals surface area contributed by atoms with Crippen LogP contribution in [0.1, 0.15) is 24.8 Å². The quantitative estimate of drug-likeness (QED) is 0.662. The zero-order chi connectivity index (χ0) is 17.2. The van der Waals surface area contributed by atoms with Crippen LogP contribution in [-0.4, -0.2) is 42.6 Å². The summed E-state index contributed by atoms with van der Waals surface area (Å²) < 4.78 is 9.56. The van der Waals surface area contributed by atoms with Crippen molar-refractivity contribution >= 4 is 17.7 Å². The molecule has 23 heavy (non-hydrogen) atoms. The molecule has 0 heterocycles. The summed E-state index contributed by atoms with van der Waals surface area (Å²) in [7, 11) is 2.40. The lowest BCUT2D eigenvalue weighted by atomic mass is 9.62. The predicted molar refractivity (Wildman–Crippen MR) is 80.4 cm³/mol. The second kappa shape index (κ2) is 6.50. The van der Waals surface area contributed by atoms with Gasteiger partial charge in [-0.1, -0.05) is 30.3 Å². The first-order valence-electron chi connectivity index (χ1n) is 7.29. The van der Waals surface area contributed by atoms with Gasteiger partial charge in [0.15, 0.2) is 5.78 Å². The first kappa shape index (κ1) is 17.1. The van der Waals surface area contributed by atoms with Crippen LogP contribution in [0.2, 0.25) is 0 Å². The highest BCUT2D eigenvalue weighted by atomic mass is 16.5. The monoisotopic (exact) mass is 320 g/mol. The molecule has 6 nitrogen and oxygen atoms in total. The van der Waals surface area contributed by atoms with Crippen molar-refractivity contribution in [2.75, 3.05) is 14.2 Å². The number of rotatable bonds is 3. The van der Waals surface area contributed by atoms with Gasteiger partial charge >= 0.3 is 11.9 Å². The minimum absolute atomic E-state index is 0.310. The Kier molecular flexibility index (Phi) is 4.85. The lowest BCUT2D eigenvalue weighted by molar-refractivity contribution is -0.170. The predicted octanol–water partition coefficient (Wildman–Crippen LogP) is 1.07.